The molecule has 24 heavy (non-hydrogen) atoms. The fraction of sp³-hybridized carbons (Fsp3) is 0.938. The lowest BCUT2D eigenvalue weighted by atomic mass is 9.87. The van der Waals surface area contributed by atoms with E-state index >= 15 is 0 Å². The van der Waals surface area contributed by atoms with Crippen LogP contribution >= 0.6 is 24.0 Å². The standard InChI is InChI=1S/C16H31N3O3S.HI/c1-4-15(2,20)12-18-14(17-3)19-10-11-23(21,22)16(13-19)8-6-5-7-9-16;/h20H,4-13H2,1-3H3,(H,17,18);1H. The molecule has 0 aromatic carbocycles. The molecular formula is C16H32IN3O3S. The quantitative estimate of drug-likeness (QED) is 0.371. The average molecular weight is 473 g/mol. The zero-order valence-electron chi connectivity index (χ0n) is 15.0. The van der Waals surface area contributed by atoms with Crippen molar-refractivity contribution in [3.8, 4) is 0 Å². The smallest absolute Gasteiger partial charge is 0.193 e. The van der Waals surface area contributed by atoms with Gasteiger partial charge in [0, 0.05) is 26.7 Å². The van der Waals surface area contributed by atoms with Crippen LogP contribution in [0.2, 0.25) is 0 Å². The molecule has 1 aliphatic carbocycles. The second-order valence-electron chi connectivity index (χ2n) is 7.24. The van der Waals surface area contributed by atoms with Crippen LogP contribution in [0.5, 0.6) is 0 Å². The van der Waals surface area contributed by atoms with Gasteiger partial charge in [-0.05, 0) is 26.2 Å². The van der Waals surface area contributed by atoms with Crippen LogP contribution in [0, 0.1) is 0 Å². The Morgan fingerprint density at radius 3 is 2.50 bits per heavy atom. The number of nitrogens with zero attached hydrogens (tertiary/aromatic N) is 2. The van der Waals surface area contributed by atoms with E-state index in [0.717, 1.165) is 32.1 Å². The normalized spacial score (nSPS) is 25.7. The van der Waals surface area contributed by atoms with Crippen LogP contribution in [-0.4, -0.2) is 67.2 Å². The van der Waals surface area contributed by atoms with E-state index in [-0.39, 0.29) is 29.7 Å². The van der Waals surface area contributed by atoms with Crippen LogP contribution in [0.3, 0.4) is 0 Å². The van der Waals surface area contributed by atoms with E-state index in [4.69, 9.17) is 0 Å². The Balaban J connectivity index is 0.00000288. The maximum absolute atomic E-state index is 12.7. The maximum atomic E-state index is 12.7. The van der Waals surface area contributed by atoms with Gasteiger partial charge in [-0.15, -0.1) is 24.0 Å². The molecule has 142 valence electrons. The highest BCUT2D eigenvalue weighted by atomic mass is 127. The lowest BCUT2D eigenvalue weighted by Crippen LogP contribution is -2.61. The lowest BCUT2D eigenvalue weighted by molar-refractivity contribution is 0.0595. The van der Waals surface area contributed by atoms with Crippen molar-refractivity contribution in [2.45, 2.75) is 62.7 Å². The average Bonchev–Trinajstić information content (AvgIpc) is 2.52. The summed E-state index contributed by atoms with van der Waals surface area (Å²) in [4.78, 5) is 6.35. The van der Waals surface area contributed by atoms with Gasteiger partial charge in [0.2, 0.25) is 0 Å². The summed E-state index contributed by atoms with van der Waals surface area (Å²) in [5, 5.41) is 13.4. The zero-order valence-corrected chi connectivity index (χ0v) is 18.2. The second kappa shape index (κ2) is 8.53. The van der Waals surface area contributed by atoms with Crippen LogP contribution in [0.25, 0.3) is 0 Å². The first kappa shape index (κ1) is 22.0. The molecule has 0 aromatic heterocycles. The zero-order chi connectivity index (χ0) is 17.1. The number of aliphatic imine (C=N–C) groups is 1. The summed E-state index contributed by atoms with van der Waals surface area (Å²) in [6.07, 6.45) is 5.28. The number of hydrogen-bond acceptors (Lipinski definition) is 4. The molecule has 2 rings (SSSR count). The lowest BCUT2D eigenvalue weighted by Gasteiger charge is -2.45. The Morgan fingerprint density at radius 1 is 1.33 bits per heavy atom. The molecule has 0 bridgehead atoms. The molecule has 1 unspecified atom stereocenters. The molecule has 6 nitrogen and oxygen atoms in total. The van der Waals surface area contributed by atoms with Gasteiger partial charge in [-0.25, -0.2) is 8.42 Å². The fourth-order valence-corrected chi connectivity index (χ4v) is 5.70. The first-order valence-corrected chi connectivity index (χ1v) is 10.3. The third-order valence-electron chi connectivity index (χ3n) is 5.43. The molecule has 2 fully saturated rings. The summed E-state index contributed by atoms with van der Waals surface area (Å²) in [6, 6.07) is 0. The van der Waals surface area contributed by atoms with Crippen molar-refractivity contribution < 1.29 is 13.5 Å². The van der Waals surface area contributed by atoms with E-state index in [1.165, 1.54) is 0 Å². The number of hydrogen-bond donors (Lipinski definition) is 2. The van der Waals surface area contributed by atoms with Gasteiger partial charge in [-0.2, -0.15) is 0 Å². The largest absolute Gasteiger partial charge is 0.388 e. The Bertz CT molecular complexity index is 543. The van der Waals surface area contributed by atoms with Crippen molar-refractivity contribution in [2.24, 2.45) is 4.99 Å². The number of rotatable bonds is 3. The van der Waals surface area contributed by atoms with Crippen molar-refractivity contribution >= 4 is 39.8 Å². The van der Waals surface area contributed by atoms with Crippen LogP contribution in [0.1, 0.15) is 52.4 Å². The summed E-state index contributed by atoms with van der Waals surface area (Å²) < 4.78 is 24.7. The van der Waals surface area contributed by atoms with Gasteiger partial charge in [0.1, 0.15) is 0 Å². The molecule has 1 saturated heterocycles. The number of aliphatic hydroxyl groups is 1. The SMILES string of the molecule is CCC(C)(O)CNC(=NC)N1CCS(=O)(=O)C2(CCCCC2)C1.I. The monoisotopic (exact) mass is 473 g/mol. The molecule has 2 N–H and O–H groups in total. The molecule has 1 spiro atoms. The van der Waals surface area contributed by atoms with E-state index in [0.29, 0.717) is 32.0 Å². The third-order valence-corrected chi connectivity index (χ3v) is 8.01. The molecule has 8 heteroatoms. The Kier molecular flexibility index (Phi) is 7.80. The van der Waals surface area contributed by atoms with Gasteiger partial charge in [0.15, 0.2) is 15.8 Å². The molecule has 1 saturated carbocycles. The highest BCUT2D eigenvalue weighted by molar-refractivity contribution is 14.0. The van der Waals surface area contributed by atoms with Crippen LogP contribution in [0.15, 0.2) is 4.99 Å². The molecular weight excluding hydrogens is 441 g/mol. The summed E-state index contributed by atoms with van der Waals surface area (Å²) in [5.41, 5.74) is -0.791. The molecule has 1 atom stereocenters. The molecule has 2 aliphatic rings. The second-order valence-corrected chi connectivity index (χ2v) is 9.74. The summed E-state index contributed by atoms with van der Waals surface area (Å²) in [7, 11) is -1.33. The van der Waals surface area contributed by atoms with Crippen LogP contribution < -0.4 is 5.32 Å². The van der Waals surface area contributed by atoms with E-state index < -0.39 is 20.2 Å². The Labute approximate surface area is 163 Å². The minimum Gasteiger partial charge on any atom is -0.388 e. The van der Waals surface area contributed by atoms with Crippen molar-refractivity contribution in [3.05, 3.63) is 0 Å². The third kappa shape index (κ3) is 4.75. The number of halogens is 1. The van der Waals surface area contributed by atoms with Crippen molar-refractivity contribution in [1.29, 1.82) is 0 Å². The van der Waals surface area contributed by atoms with Gasteiger partial charge in [-0.3, -0.25) is 4.99 Å². The van der Waals surface area contributed by atoms with E-state index in [1.807, 2.05) is 6.92 Å². The Hall–Kier alpha value is -0.0900. The molecule has 0 radical (unpaired) electrons. The van der Waals surface area contributed by atoms with E-state index in [1.54, 1.807) is 14.0 Å². The molecule has 1 aliphatic heterocycles. The van der Waals surface area contributed by atoms with Crippen molar-refractivity contribution in [1.82, 2.24) is 10.2 Å². The highest BCUT2D eigenvalue weighted by Crippen LogP contribution is 2.38. The number of sulfone groups is 1. The fourth-order valence-electron chi connectivity index (χ4n) is 3.54. The summed E-state index contributed by atoms with van der Waals surface area (Å²) in [5.74, 6) is 0.885. The maximum Gasteiger partial charge on any atom is 0.193 e. The van der Waals surface area contributed by atoms with E-state index in [9.17, 15) is 13.5 Å². The first-order valence-electron chi connectivity index (χ1n) is 8.66. The molecule has 1 heterocycles. The minimum atomic E-state index is -3.04. The summed E-state index contributed by atoms with van der Waals surface area (Å²) in [6.45, 7) is 5.12. The minimum absolute atomic E-state index is 0. The number of nitrogens with one attached hydrogen (secondary N) is 1. The van der Waals surface area contributed by atoms with Gasteiger partial charge >= 0.3 is 0 Å². The van der Waals surface area contributed by atoms with Gasteiger partial charge in [-0.1, -0.05) is 26.2 Å². The molecule has 0 aromatic rings. The Morgan fingerprint density at radius 2 is 1.96 bits per heavy atom. The van der Waals surface area contributed by atoms with Crippen molar-refractivity contribution in [2.75, 3.05) is 32.4 Å². The van der Waals surface area contributed by atoms with Gasteiger partial charge in [0.25, 0.3) is 0 Å². The topological polar surface area (TPSA) is 82.0 Å². The number of guanidine groups is 1. The van der Waals surface area contributed by atoms with E-state index in [2.05, 4.69) is 15.2 Å². The van der Waals surface area contributed by atoms with Gasteiger partial charge < -0.3 is 15.3 Å². The highest BCUT2D eigenvalue weighted by Gasteiger charge is 2.48. The van der Waals surface area contributed by atoms with Crippen molar-refractivity contribution in [3.63, 3.8) is 0 Å². The van der Waals surface area contributed by atoms with Crippen LogP contribution in [-0.2, 0) is 9.84 Å². The predicted molar refractivity (Wildman–Crippen MR) is 109 cm³/mol. The molecule has 0 amide bonds. The first-order chi connectivity index (χ1) is 10.8. The predicted octanol–water partition coefficient (Wildman–Crippen LogP) is 1.77. The van der Waals surface area contributed by atoms with Gasteiger partial charge in [0.05, 0.1) is 16.1 Å². The van der Waals surface area contributed by atoms with Crippen LogP contribution in [0.4, 0.5) is 0 Å². The summed E-state index contributed by atoms with van der Waals surface area (Å²) >= 11 is 0.